The average molecular weight is 454 g/mol. The van der Waals surface area contributed by atoms with Crippen molar-refractivity contribution in [1.82, 2.24) is 0 Å². The minimum atomic E-state index is -0.362. The minimum absolute atomic E-state index is 0.00161. The number of hydrogen-bond donors (Lipinski definition) is 2. The van der Waals surface area contributed by atoms with Gasteiger partial charge in [0.05, 0.1) is 5.92 Å². The fraction of sp³-hybridized carbons (Fsp3) is 0.310. The molecule has 1 atom stereocenters. The average Bonchev–Trinajstić information content (AvgIpc) is 3.56. The summed E-state index contributed by atoms with van der Waals surface area (Å²) in [5.74, 6) is 0.350. The Morgan fingerprint density at radius 3 is 2.47 bits per heavy atom. The van der Waals surface area contributed by atoms with Gasteiger partial charge in [0, 0.05) is 35.7 Å². The van der Waals surface area contributed by atoms with Gasteiger partial charge < -0.3 is 15.5 Å². The van der Waals surface area contributed by atoms with Crippen molar-refractivity contribution >= 4 is 34.6 Å². The maximum Gasteiger partial charge on any atom is 0.229 e. The Balaban J connectivity index is 1.21. The molecule has 34 heavy (non-hydrogen) atoms. The molecule has 174 valence electrons. The molecular weight excluding hydrogens is 422 g/mol. The predicted octanol–water partition coefficient (Wildman–Crippen LogP) is 5.99. The van der Waals surface area contributed by atoms with Crippen LogP contribution in [0.25, 0.3) is 0 Å². The monoisotopic (exact) mass is 453 g/mol. The Kier molecular flexibility index (Phi) is 6.10. The van der Waals surface area contributed by atoms with Crippen LogP contribution in [0.2, 0.25) is 0 Å². The number of amides is 2. The van der Waals surface area contributed by atoms with Crippen LogP contribution in [-0.2, 0) is 16.0 Å². The van der Waals surface area contributed by atoms with Crippen LogP contribution >= 0.6 is 0 Å². The Morgan fingerprint density at radius 2 is 1.71 bits per heavy atom. The number of carbonyl (C=O) groups excluding carboxylic acids is 2. The molecule has 2 N–H and O–H groups in total. The van der Waals surface area contributed by atoms with Gasteiger partial charge in [-0.25, -0.2) is 0 Å². The number of benzene rings is 3. The number of aryl methyl sites for hydroxylation is 2. The van der Waals surface area contributed by atoms with Crippen LogP contribution in [-0.4, -0.2) is 18.4 Å². The molecule has 1 aliphatic heterocycles. The molecule has 2 fully saturated rings. The van der Waals surface area contributed by atoms with E-state index in [1.807, 2.05) is 56.3 Å². The number of carbonyl (C=O) groups is 2. The summed E-state index contributed by atoms with van der Waals surface area (Å²) in [5, 5.41) is 6.51. The largest absolute Gasteiger partial charge is 0.355 e. The zero-order chi connectivity index (χ0) is 23.7. The first-order valence-corrected chi connectivity index (χ1v) is 12.1. The summed E-state index contributed by atoms with van der Waals surface area (Å²) in [6, 6.07) is 22.3. The van der Waals surface area contributed by atoms with Gasteiger partial charge in [-0.1, -0.05) is 30.3 Å². The molecule has 2 amide bonds. The van der Waals surface area contributed by atoms with E-state index in [2.05, 4.69) is 34.9 Å². The SMILES string of the molecule is Cc1ccc(C)c(N2CC(C(=O)Nc3ccc(Nc4ccccc4CC4CC4)cc3)CC2=O)c1. The first-order chi connectivity index (χ1) is 16.5. The molecule has 3 aromatic carbocycles. The lowest BCUT2D eigenvalue weighted by Crippen LogP contribution is -2.28. The lowest BCUT2D eigenvalue weighted by atomic mass is 10.1. The normalized spacial score (nSPS) is 17.6. The van der Waals surface area contributed by atoms with Crippen LogP contribution in [0.3, 0.4) is 0 Å². The number of rotatable bonds is 7. The van der Waals surface area contributed by atoms with Gasteiger partial charge in [-0.15, -0.1) is 0 Å². The summed E-state index contributed by atoms with van der Waals surface area (Å²) in [6.07, 6.45) is 4.02. The summed E-state index contributed by atoms with van der Waals surface area (Å²) in [4.78, 5) is 27.3. The molecule has 1 aliphatic carbocycles. The van der Waals surface area contributed by atoms with Crippen molar-refractivity contribution < 1.29 is 9.59 Å². The number of nitrogens with one attached hydrogen (secondary N) is 2. The molecule has 1 saturated carbocycles. The van der Waals surface area contributed by atoms with Gasteiger partial charge in [0.15, 0.2) is 0 Å². The van der Waals surface area contributed by atoms with Crippen molar-refractivity contribution in [1.29, 1.82) is 0 Å². The van der Waals surface area contributed by atoms with Crippen LogP contribution in [0.4, 0.5) is 22.7 Å². The summed E-state index contributed by atoms with van der Waals surface area (Å²) < 4.78 is 0. The first kappa shape index (κ1) is 22.2. The van der Waals surface area contributed by atoms with Crippen molar-refractivity contribution in [2.75, 3.05) is 22.1 Å². The van der Waals surface area contributed by atoms with E-state index >= 15 is 0 Å². The molecule has 0 spiro atoms. The highest BCUT2D eigenvalue weighted by molar-refractivity contribution is 6.04. The van der Waals surface area contributed by atoms with E-state index in [4.69, 9.17) is 0 Å². The van der Waals surface area contributed by atoms with Crippen molar-refractivity contribution in [2.45, 2.75) is 39.5 Å². The summed E-state index contributed by atoms with van der Waals surface area (Å²) >= 11 is 0. The third kappa shape index (κ3) is 4.98. The van der Waals surface area contributed by atoms with Crippen molar-refractivity contribution in [3.8, 4) is 0 Å². The van der Waals surface area contributed by atoms with Crippen LogP contribution in [0, 0.1) is 25.7 Å². The lowest BCUT2D eigenvalue weighted by molar-refractivity contribution is -0.122. The second kappa shape index (κ2) is 9.34. The van der Waals surface area contributed by atoms with Crippen molar-refractivity contribution in [3.05, 3.63) is 83.4 Å². The van der Waals surface area contributed by atoms with E-state index in [1.165, 1.54) is 18.4 Å². The Labute approximate surface area is 201 Å². The Morgan fingerprint density at radius 1 is 0.971 bits per heavy atom. The molecule has 1 heterocycles. The number of nitrogens with zero attached hydrogens (tertiary/aromatic N) is 1. The zero-order valence-electron chi connectivity index (χ0n) is 19.8. The standard InChI is InChI=1S/C29H31N3O2/c1-19-7-8-20(2)27(15-19)32-18-23(17-28(32)33)29(34)31-25-13-11-24(12-14-25)30-26-6-4-3-5-22(26)16-21-9-10-21/h3-8,11-15,21,23,30H,9-10,16-18H2,1-2H3,(H,31,34). The third-order valence-corrected chi connectivity index (χ3v) is 6.81. The Hall–Kier alpha value is -3.60. The van der Waals surface area contributed by atoms with Gasteiger partial charge in [0.2, 0.25) is 11.8 Å². The molecule has 2 aliphatic rings. The number of hydrogen-bond acceptors (Lipinski definition) is 3. The summed E-state index contributed by atoms with van der Waals surface area (Å²) in [7, 11) is 0. The molecule has 5 nitrogen and oxygen atoms in total. The van der Waals surface area contributed by atoms with Crippen molar-refractivity contribution in [2.24, 2.45) is 11.8 Å². The molecule has 5 heteroatoms. The first-order valence-electron chi connectivity index (χ1n) is 12.1. The van der Waals surface area contributed by atoms with E-state index in [9.17, 15) is 9.59 Å². The van der Waals surface area contributed by atoms with Crippen LogP contribution in [0.15, 0.2) is 66.7 Å². The second-order valence-electron chi connectivity index (χ2n) is 9.69. The highest BCUT2D eigenvalue weighted by atomic mass is 16.2. The maximum absolute atomic E-state index is 12.9. The minimum Gasteiger partial charge on any atom is -0.355 e. The van der Waals surface area contributed by atoms with E-state index in [0.717, 1.165) is 46.2 Å². The fourth-order valence-corrected chi connectivity index (χ4v) is 4.62. The highest BCUT2D eigenvalue weighted by Gasteiger charge is 2.35. The molecule has 0 aromatic heterocycles. The topological polar surface area (TPSA) is 61.4 Å². The molecule has 1 unspecified atom stereocenters. The van der Waals surface area contributed by atoms with E-state index in [0.29, 0.717) is 6.54 Å². The van der Waals surface area contributed by atoms with Gasteiger partial charge >= 0.3 is 0 Å². The van der Waals surface area contributed by atoms with Gasteiger partial charge in [-0.2, -0.15) is 0 Å². The van der Waals surface area contributed by atoms with E-state index in [1.54, 1.807) is 4.90 Å². The lowest BCUT2D eigenvalue weighted by Gasteiger charge is -2.19. The maximum atomic E-state index is 12.9. The molecule has 1 saturated heterocycles. The molecular formula is C29H31N3O2. The highest BCUT2D eigenvalue weighted by Crippen LogP contribution is 2.35. The smallest absolute Gasteiger partial charge is 0.229 e. The van der Waals surface area contributed by atoms with E-state index < -0.39 is 0 Å². The fourth-order valence-electron chi connectivity index (χ4n) is 4.62. The quantitative estimate of drug-likeness (QED) is 0.462. The third-order valence-electron chi connectivity index (χ3n) is 6.81. The predicted molar refractivity (Wildman–Crippen MR) is 138 cm³/mol. The van der Waals surface area contributed by atoms with Crippen molar-refractivity contribution in [3.63, 3.8) is 0 Å². The number of anilines is 4. The van der Waals surface area contributed by atoms with Crippen LogP contribution < -0.4 is 15.5 Å². The van der Waals surface area contributed by atoms with Crippen LogP contribution in [0.1, 0.15) is 36.0 Å². The van der Waals surface area contributed by atoms with Gasteiger partial charge in [-0.05, 0) is 92.1 Å². The van der Waals surface area contributed by atoms with Crippen LogP contribution in [0.5, 0.6) is 0 Å². The summed E-state index contributed by atoms with van der Waals surface area (Å²) in [5.41, 5.74) is 7.26. The molecule has 0 radical (unpaired) electrons. The second-order valence-corrected chi connectivity index (χ2v) is 9.69. The molecule has 0 bridgehead atoms. The summed E-state index contributed by atoms with van der Waals surface area (Å²) in [6.45, 7) is 4.42. The molecule has 5 rings (SSSR count). The van der Waals surface area contributed by atoms with Gasteiger partial charge in [0.1, 0.15) is 0 Å². The van der Waals surface area contributed by atoms with Gasteiger partial charge in [-0.3, -0.25) is 9.59 Å². The molecule has 3 aromatic rings. The van der Waals surface area contributed by atoms with Gasteiger partial charge in [0.25, 0.3) is 0 Å². The zero-order valence-corrected chi connectivity index (χ0v) is 19.8. The Bertz CT molecular complexity index is 1210. The van der Waals surface area contributed by atoms with E-state index in [-0.39, 0.29) is 24.2 Å². The number of para-hydroxylation sites is 1.